The standard InChI is InChI=1S/C11H16FN3O4S.ClH/c1-7-9(12)4-8(5-10(7)15(16)17)20(18,19)14-6-11(2,3)13;/h4-5,14H,6,13H2,1-3H3;1H. The zero-order chi connectivity index (χ0) is 15.7. The van der Waals surface area contributed by atoms with E-state index in [0.717, 1.165) is 12.1 Å². The van der Waals surface area contributed by atoms with E-state index in [1.54, 1.807) is 13.8 Å². The zero-order valence-electron chi connectivity index (χ0n) is 11.7. The summed E-state index contributed by atoms with van der Waals surface area (Å²) in [5.41, 5.74) is 4.04. The van der Waals surface area contributed by atoms with E-state index in [1.807, 2.05) is 0 Å². The van der Waals surface area contributed by atoms with Gasteiger partial charge < -0.3 is 5.73 Å². The molecule has 0 amide bonds. The average molecular weight is 342 g/mol. The molecule has 0 saturated carbocycles. The summed E-state index contributed by atoms with van der Waals surface area (Å²) in [6.07, 6.45) is 0. The molecule has 0 aliphatic carbocycles. The van der Waals surface area contributed by atoms with E-state index in [0.29, 0.717) is 0 Å². The van der Waals surface area contributed by atoms with Gasteiger partial charge in [-0.05, 0) is 26.8 Å². The molecule has 0 unspecified atom stereocenters. The topological polar surface area (TPSA) is 115 Å². The largest absolute Gasteiger partial charge is 0.324 e. The molecule has 0 saturated heterocycles. The van der Waals surface area contributed by atoms with Crippen molar-refractivity contribution in [3.8, 4) is 0 Å². The Bertz CT molecular complexity index is 644. The van der Waals surface area contributed by atoms with Crippen LogP contribution in [0.3, 0.4) is 0 Å². The van der Waals surface area contributed by atoms with Gasteiger partial charge in [-0.2, -0.15) is 0 Å². The van der Waals surface area contributed by atoms with E-state index in [-0.39, 0.29) is 24.5 Å². The molecule has 120 valence electrons. The van der Waals surface area contributed by atoms with Crippen molar-refractivity contribution in [3.63, 3.8) is 0 Å². The van der Waals surface area contributed by atoms with Crippen molar-refractivity contribution in [2.75, 3.05) is 6.54 Å². The Labute approximate surface area is 128 Å². The van der Waals surface area contributed by atoms with Gasteiger partial charge in [-0.25, -0.2) is 17.5 Å². The Kier molecular flexibility index (Phi) is 6.24. The van der Waals surface area contributed by atoms with Gasteiger partial charge in [0.05, 0.1) is 15.4 Å². The van der Waals surface area contributed by atoms with Gasteiger partial charge in [0.2, 0.25) is 10.0 Å². The summed E-state index contributed by atoms with van der Waals surface area (Å²) in [5, 5.41) is 10.8. The Hall–Kier alpha value is -1.29. The van der Waals surface area contributed by atoms with Crippen LogP contribution in [0.15, 0.2) is 17.0 Å². The van der Waals surface area contributed by atoms with Gasteiger partial charge >= 0.3 is 0 Å². The summed E-state index contributed by atoms with van der Waals surface area (Å²) in [7, 11) is -4.06. The van der Waals surface area contributed by atoms with Crippen LogP contribution >= 0.6 is 12.4 Å². The van der Waals surface area contributed by atoms with Gasteiger partial charge in [-0.15, -0.1) is 12.4 Å². The number of hydrogen-bond acceptors (Lipinski definition) is 5. The normalized spacial score (nSPS) is 11.9. The third-order valence-electron chi connectivity index (χ3n) is 2.52. The summed E-state index contributed by atoms with van der Waals surface area (Å²) < 4.78 is 39.7. The van der Waals surface area contributed by atoms with Gasteiger partial charge in [0.15, 0.2) is 0 Å². The lowest BCUT2D eigenvalue weighted by molar-refractivity contribution is -0.385. The van der Waals surface area contributed by atoms with Gasteiger partial charge in [0.25, 0.3) is 5.69 Å². The van der Waals surface area contributed by atoms with Crippen LogP contribution in [-0.2, 0) is 10.0 Å². The van der Waals surface area contributed by atoms with Crippen molar-refractivity contribution in [1.82, 2.24) is 4.72 Å². The van der Waals surface area contributed by atoms with Crippen molar-refractivity contribution >= 4 is 28.1 Å². The lowest BCUT2D eigenvalue weighted by Gasteiger charge is -2.19. The molecule has 0 aliphatic rings. The van der Waals surface area contributed by atoms with Crippen molar-refractivity contribution in [1.29, 1.82) is 0 Å². The number of sulfonamides is 1. The maximum absolute atomic E-state index is 13.6. The number of nitrogens with two attached hydrogens (primary N) is 1. The maximum atomic E-state index is 13.6. The first-order valence-electron chi connectivity index (χ1n) is 5.67. The molecule has 21 heavy (non-hydrogen) atoms. The Morgan fingerprint density at radius 1 is 1.43 bits per heavy atom. The Balaban J connectivity index is 0.00000400. The van der Waals surface area contributed by atoms with Crippen LogP contribution in [0.4, 0.5) is 10.1 Å². The van der Waals surface area contributed by atoms with Crippen molar-refractivity contribution in [3.05, 3.63) is 33.6 Å². The van der Waals surface area contributed by atoms with E-state index in [1.165, 1.54) is 6.92 Å². The molecule has 0 atom stereocenters. The maximum Gasteiger partial charge on any atom is 0.276 e. The SMILES string of the molecule is Cc1c(F)cc(S(=O)(=O)NCC(C)(C)N)cc1[N+](=O)[O-].Cl. The molecule has 1 aromatic rings. The van der Waals surface area contributed by atoms with Gasteiger partial charge in [-0.3, -0.25) is 10.1 Å². The summed E-state index contributed by atoms with van der Waals surface area (Å²) >= 11 is 0. The summed E-state index contributed by atoms with van der Waals surface area (Å²) in [6, 6.07) is 1.57. The number of nitro benzene ring substituents is 1. The summed E-state index contributed by atoms with van der Waals surface area (Å²) in [6.45, 7) is 4.33. The minimum atomic E-state index is -4.06. The van der Waals surface area contributed by atoms with Crippen molar-refractivity contribution < 1.29 is 17.7 Å². The number of nitrogens with one attached hydrogen (secondary N) is 1. The minimum absolute atomic E-state index is 0. The highest BCUT2D eigenvalue weighted by Gasteiger charge is 2.24. The highest BCUT2D eigenvalue weighted by atomic mass is 35.5. The van der Waals surface area contributed by atoms with Crippen LogP contribution in [0.25, 0.3) is 0 Å². The fourth-order valence-corrected chi connectivity index (χ4v) is 2.60. The fourth-order valence-electron chi connectivity index (χ4n) is 1.35. The number of nitro groups is 1. The van der Waals surface area contributed by atoms with Crippen LogP contribution in [0.1, 0.15) is 19.4 Å². The molecule has 0 fully saturated rings. The molecule has 1 rings (SSSR count). The summed E-state index contributed by atoms with van der Waals surface area (Å²) in [4.78, 5) is 9.44. The van der Waals surface area contributed by atoms with E-state index >= 15 is 0 Å². The molecule has 7 nitrogen and oxygen atoms in total. The molecule has 0 aliphatic heterocycles. The zero-order valence-corrected chi connectivity index (χ0v) is 13.3. The number of hydrogen-bond donors (Lipinski definition) is 2. The highest BCUT2D eigenvalue weighted by Crippen LogP contribution is 2.25. The molecule has 0 aromatic heterocycles. The van der Waals surface area contributed by atoms with E-state index in [4.69, 9.17) is 5.73 Å². The molecule has 1 aromatic carbocycles. The quantitative estimate of drug-likeness (QED) is 0.621. The molecular formula is C11H17ClFN3O4S. The average Bonchev–Trinajstić information content (AvgIpc) is 2.28. The van der Waals surface area contributed by atoms with Crippen LogP contribution < -0.4 is 10.5 Å². The smallest absolute Gasteiger partial charge is 0.276 e. The minimum Gasteiger partial charge on any atom is -0.324 e. The van der Waals surface area contributed by atoms with E-state index in [2.05, 4.69) is 4.72 Å². The monoisotopic (exact) mass is 341 g/mol. The number of benzene rings is 1. The molecule has 10 heteroatoms. The number of halogens is 2. The van der Waals surface area contributed by atoms with Crippen molar-refractivity contribution in [2.45, 2.75) is 31.2 Å². The lowest BCUT2D eigenvalue weighted by Crippen LogP contribution is -2.45. The fraction of sp³-hybridized carbons (Fsp3) is 0.455. The predicted octanol–water partition coefficient (Wildman–Crippen LogP) is 1.48. The van der Waals surface area contributed by atoms with Crippen LogP contribution in [-0.4, -0.2) is 25.4 Å². The summed E-state index contributed by atoms with van der Waals surface area (Å²) in [5.74, 6) is -0.952. The molecule has 3 N–H and O–H groups in total. The van der Waals surface area contributed by atoms with Crippen LogP contribution in [0.5, 0.6) is 0 Å². The van der Waals surface area contributed by atoms with Gasteiger partial charge in [0.1, 0.15) is 5.82 Å². The number of rotatable bonds is 5. The molecule has 0 bridgehead atoms. The van der Waals surface area contributed by atoms with Crippen LogP contribution in [0, 0.1) is 22.9 Å². The third kappa shape index (κ3) is 5.20. The molecule has 0 heterocycles. The highest BCUT2D eigenvalue weighted by molar-refractivity contribution is 7.89. The molecule has 0 spiro atoms. The third-order valence-corrected chi connectivity index (χ3v) is 3.90. The van der Waals surface area contributed by atoms with Gasteiger partial charge in [0, 0.05) is 18.2 Å². The second-order valence-electron chi connectivity index (χ2n) is 5.12. The number of nitrogens with zero attached hydrogens (tertiary/aromatic N) is 1. The molecular weight excluding hydrogens is 325 g/mol. The second kappa shape index (κ2) is 6.65. The molecule has 0 radical (unpaired) electrons. The van der Waals surface area contributed by atoms with Crippen LogP contribution in [0.2, 0.25) is 0 Å². The van der Waals surface area contributed by atoms with E-state index < -0.39 is 36.9 Å². The Morgan fingerprint density at radius 3 is 2.38 bits per heavy atom. The lowest BCUT2D eigenvalue weighted by atomic mass is 10.1. The first-order valence-corrected chi connectivity index (χ1v) is 7.15. The first-order chi connectivity index (χ1) is 8.94. The Morgan fingerprint density at radius 2 is 1.95 bits per heavy atom. The predicted molar refractivity (Wildman–Crippen MR) is 78.5 cm³/mol. The first kappa shape index (κ1) is 19.7. The van der Waals surface area contributed by atoms with E-state index in [9.17, 15) is 22.9 Å². The second-order valence-corrected chi connectivity index (χ2v) is 6.89. The van der Waals surface area contributed by atoms with Crippen molar-refractivity contribution in [2.24, 2.45) is 5.73 Å². The van der Waals surface area contributed by atoms with Gasteiger partial charge in [-0.1, -0.05) is 0 Å².